The summed E-state index contributed by atoms with van der Waals surface area (Å²) in [5, 5.41) is 11.7. The number of hydrogen-bond donors (Lipinski definition) is 2. The van der Waals surface area contributed by atoms with Crippen LogP contribution in [0.25, 0.3) is 0 Å². The molecule has 2 rings (SSSR count). The monoisotopic (exact) mass is 449 g/mol. The third kappa shape index (κ3) is 5.45. The van der Waals surface area contributed by atoms with Crippen LogP contribution in [-0.2, 0) is 13.0 Å². The molecule has 0 aliphatic heterocycles. The van der Waals surface area contributed by atoms with Crippen molar-refractivity contribution in [2.75, 3.05) is 13.6 Å². The number of guanidine groups is 1. The molecule has 0 bridgehead atoms. The van der Waals surface area contributed by atoms with Crippen LogP contribution in [-0.4, -0.2) is 29.7 Å². The first-order valence-corrected chi connectivity index (χ1v) is 8.12. The molecule has 23 heavy (non-hydrogen) atoms. The number of thiazole rings is 1. The van der Waals surface area contributed by atoms with Crippen molar-refractivity contribution in [3.05, 3.63) is 32.6 Å². The van der Waals surface area contributed by atoms with E-state index in [2.05, 4.69) is 32.7 Å². The Morgan fingerprint density at radius 3 is 2.43 bits per heavy atom. The molecule has 0 radical (unpaired) electrons. The quantitative estimate of drug-likeness (QED) is 0.417. The van der Waals surface area contributed by atoms with Gasteiger partial charge in [-0.2, -0.15) is 0 Å². The molecule has 0 amide bonds. The van der Waals surface area contributed by atoms with Crippen LogP contribution < -0.4 is 10.6 Å². The summed E-state index contributed by atoms with van der Waals surface area (Å²) >= 11 is 1.76. The average Bonchev–Trinajstić information content (AvgIpc) is 2.97. The number of aromatic nitrogens is 2. The van der Waals surface area contributed by atoms with E-state index in [1.807, 2.05) is 20.8 Å². The first-order chi connectivity index (χ1) is 10.5. The van der Waals surface area contributed by atoms with E-state index in [4.69, 9.17) is 4.52 Å². The molecule has 0 unspecified atom stereocenters. The van der Waals surface area contributed by atoms with Crippen LogP contribution in [0.2, 0.25) is 0 Å². The Morgan fingerprint density at radius 2 is 1.91 bits per heavy atom. The first-order valence-electron chi connectivity index (χ1n) is 7.30. The molecule has 0 spiro atoms. The standard InChI is InChI=1S/C15H23N5OS.HI/c1-9-13(11(3)21-20-9)8-18-15(16-5)17-7-6-14-10(2)19-12(4)22-14;/h6-8H2,1-5H3,(H2,16,17,18);1H. The third-order valence-electron chi connectivity index (χ3n) is 3.48. The molecule has 2 aromatic rings. The average molecular weight is 449 g/mol. The fourth-order valence-electron chi connectivity index (χ4n) is 2.25. The molecule has 0 aliphatic rings. The summed E-state index contributed by atoms with van der Waals surface area (Å²) in [5.74, 6) is 1.62. The Balaban J connectivity index is 0.00000264. The highest BCUT2D eigenvalue weighted by molar-refractivity contribution is 14.0. The normalized spacial score (nSPS) is 11.3. The van der Waals surface area contributed by atoms with E-state index in [0.717, 1.165) is 46.6 Å². The predicted molar refractivity (Wildman–Crippen MR) is 105 cm³/mol. The highest BCUT2D eigenvalue weighted by atomic mass is 127. The highest BCUT2D eigenvalue weighted by Crippen LogP contribution is 2.17. The number of nitrogens with zero attached hydrogens (tertiary/aromatic N) is 3. The van der Waals surface area contributed by atoms with Crippen molar-refractivity contribution in [1.29, 1.82) is 0 Å². The Bertz CT molecular complexity index is 645. The van der Waals surface area contributed by atoms with Gasteiger partial charge < -0.3 is 15.2 Å². The summed E-state index contributed by atoms with van der Waals surface area (Å²) in [4.78, 5) is 10.0. The summed E-state index contributed by atoms with van der Waals surface area (Å²) in [6.07, 6.45) is 0.948. The van der Waals surface area contributed by atoms with Crippen LogP contribution in [0.3, 0.4) is 0 Å². The van der Waals surface area contributed by atoms with Gasteiger partial charge in [0.2, 0.25) is 0 Å². The second-order valence-corrected chi connectivity index (χ2v) is 6.43. The third-order valence-corrected chi connectivity index (χ3v) is 4.61. The molecule has 0 aliphatic carbocycles. The number of hydrogen-bond acceptors (Lipinski definition) is 5. The van der Waals surface area contributed by atoms with E-state index in [1.165, 1.54) is 4.88 Å². The molecule has 2 aromatic heterocycles. The van der Waals surface area contributed by atoms with Crippen molar-refractivity contribution in [1.82, 2.24) is 20.8 Å². The van der Waals surface area contributed by atoms with Gasteiger partial charge in [0, 0.05) is 37.0 Å². The van der Waals surface area contributed by atoms with E-state index in [-0.39, 0.29) is 24.0 Å². The Morgan fingerprint density at radius 1 is 1.17 bits per heavy atom. The van der Waals surface area contributed by atoms with Crippen molar-refractivity contribution >= 4 is 41.3 Å². The van der Waals surface area contributed by atoms with Gasteiger partial charge in [-0.3, -0.25) is 4.99 Å². The molecule has 2 heterocycles. The number of aliphatic imine (C=N–C) groups is 1. The lowest BCUT2D eigenvalue weighted by Crippen LogP contribution is -2.38. The minimum absolute atomic E-state index is 0. The van der Waals surface area contributed by atoms with Crippen LogP contribution in [0.4, 0.5) is 0 Å². The summed E-state index contributed by atoms with van der Waals surface area (Å²) < 4.78 is 5.16. The van der Waals surface area contributed by atoms with Crippen molar-refractivity contribution in [2.24, 2.45) is 4.99 Å². The largest absolute Gasteiger partial charge is 0.361 e. The zero-order valence-electron chi connectivity index (χ0n) is 14.2. The van der Waals surface area contributed by atoms with E-state index in [0.29, 0.717) is 6.54 Å². The maximum absolute atomic E-state index is 5.16. The zero-order valence-corrected chi connectivity index (χ0v) is 17.3. The van der Waals surface area contributed by atoms with Crippen molar-refractivity contribution < 1.29 is 4.52 Å². The van der Waals surface area contributed by atoms with Gasteiger partial charge in [-0.05, 0) is 27.7 Å². The van der Waals surface area contributed by atoms with Gasteiger partial charge in [-0.25, -0.2) is 4.98 Å². The van der Waals surface area contributed by atoms with Gasteiger partial charge in [-0.1, -0.05) is 5.16 Å². The zero-order chi connectivity index (χ0) is 16.1. The summed E-state index contributed by atoms with van der Waals surface area (Å²) in [5.41, 5.74) is 3.12. The Hall–Kier alpha value is -1.16. The number of halogens is 1. The van der Waals surface area contributed by atoms with Gasteiger partial charge in [-0.15, -0.1) is 35.3 Å². The van der Waals surface area contributed by atoms with Gasteiger partial charge >= 0.3 is 0 Å². The summed E-state index contributed by atoms with van der Waals surface area (Å²) in [6.45, 7) is 9.44. The topological polar surface area (TPSA) is 75.3 Å². The van der Waals surface area contributed by atoms with Crippen LogP contribution in [0.1, 0.15) is 32.6 Å². The lowest BCUT2D eigenvalue weighted by atomic mass is 10.2. The van der Waals surface area contributed by atoms with Gasteiger partial charge in [0.15, 0.2) is 5.96 Å². The second-order valence-electron chi connectivity index (χ2n) is 5.15. The van der Waals surface area contributed by atoms with Gasteiger partial charge in [0.25, 0.3) is 0 Å². The number of nitrogens with one attached hydrogen (secondary N) is 2. The summed E-state index contributed by atoms with van der Waals surface area (Å²) in [7, 11) is 1.77. The first kappa shape index (κ1) is 19.9. The van der Waals surface area contributed by atoms with Gasteiger partial charge in [0.05, 0.1) is 16.4 Å². The smallest absolute Gasteiger partial charge is 0.191 e. The molecule has 6 nitrogen and oxygen atoms in total. The Labute approximate surface area is 158 Å². The lowest BCUT2D eigenvalue weighted by Gasteiger charge is -2.11. The molecule has 0 saturated heterocycles. The van der Waals surface area contributed by atoms with E-state index >= 15 is 0 Å². The van der Waals surface area contributed by atoms with Crippen molar-refractivity contribution in [2.45, 2.75) is 40.7 Å². The number of aryl methyl sites for hydroxylation is 4. The highest BCUT2D eigenvalue weighted by Gasteiger charge is 2.09. The van der Waals surface area contributed by atoms with Crippen molar-refractivity contribution in [3.8, 4) is 0 Å². The van der Waals surface area contributed by atoms with Gasteiger partial charge in [0.1, 0.15) is 5.76 Å². The fourth-order valence-corrected chi connectivity index (χ4v) is 3.18. The fraction of sp³-hybridized carbons (Fsp3) is 0.533. The molecule has 0 fully saturated rings. The van der Waals surface area contributed by atoms with E-state index < -0.39 is 0 Å². The molecular weight excluding hydrogens is 425 g/mol. The molecule has 2 N–H and O–H groups in total. The van der Waals surface area contributed by atoms with Crippen LogP contribution in [0.5, 0.6) is 0 Å². The molecule has 8 heteroatoms. The van der Waals surface area contributed by atoms with Crippen LogP contribution in [0.15, 0.2) is 9.52 Å². The van der Waals surface area contributed by atoms with Crippen LogP contribution >= 0.6 is 35.3 Å². The minimum Gasteiger partial charge on any atom is -0.361 e. The maximum atomic E-state index is 5.16. The minimum atomic E-state index is 0. The predicted octanol–water partition coefficient (Wildman–Crippen LogP) is 2.89. The van der Waals surface area contributed by atoms with E-state index in [9.17, 15) is 0 Å². The molecule has 0 aromatic carbocycles. The molecule has 0 atom stereocenters. The van der Waals surface area contributed by atoms with Crippen molar-refractivity contribution in [3.63, 3.8) is 0 Å². The molecule has 128 valence electrons. The van der Waals surface area contributed by atoms with Crippen LogP contribution in [0, 0.1) is 27.7 Å². The second kappa shape index (κ2) is 9.21. The lowest BCUT2D eigenvalue weighted by molar-refractivity contribution is 0.392. The maximum Gasteiger partial charge on any atom is 0.191 e. The molecular formula is C15H24IN5OS. The van der Waals surface area contributed by atoms with E-state index in [1.54, 1.807) is 18.4 Å². The molecule has 0 saturated carbocycles. The SMILES string of the molecule is CN=C(NCCc1sc(C)nc1C)NCc1c(C)noc1C.I. The Kier molecular flexibility index (Phi) is 7.97. The summed E-state index contributed by atoms with van der Waals surface area (Å²) in [6, 6.07) is 0. The number of rotatable bonds is 5.